The predicted molar refractivity (Wildman–Crippen MR) is 74.6 cm³/mol. The van der Waals surface area contributed by atoms with Crippen molar-refractivity contribution in [3.05, 3.63) is 18.0 Å². The summed E-state index contributed by atoms with van der Waals surface area (Å²) < 4.78 is 34.4. The molecule has 0 bridgehead atoms. The minimum absolute atomic E-state index is 0.00936. The topological polar surface area (TPSA) is 108 Å². The van der Waals surface area contributed by atoms with Crippen molar-refractivity contribution >= 4 is 22.1 Å². The van der Waals surface area contributed by atoms with Gasteiger partial charge in [0.2, 0.25) is 0 Å². The molecule has 1 amide bonds. The first-order valence-electron chi connectivity index (χ1n) is 6.91. The predicted octanol–water partition coefficient (Wildman–Crippen LogP) is 1.39. The molecule has 2 N–H and O–H groups in total. The van der Waals surface area contributed by atoms with Gasteiger partial charge in [-0.15, -0.1) is 3.89 Å². The zero-order valence-electron chi connectivity index (χ0n) is 11.8. The van der Waals surface area contributed by atoms with Crippen molar-refractivity contribution in [3.8, 4) is 0 Å². The average Bonchev–Trinajstić information content (AvgIpc) is 2.94. The molecule has 1 atom stereocenters. The molecule has 0 saturated carbocycles. The summed E-state index contributed by atoms with van der Waals surface area (Å²) in [5.74, 6) is -1.17. The summed E-state index contributed by atoms with van der Waals surface area (Å²) in [6.45, 7) is 0.933. The van der Waals surface area contributed by atoms with Gasteiger partial charge in [-0.25, -0.2) is 0 Å². The molecule has 22 heavy (non-hydrogen) atoms. The van der Waals surface area contributed by atoms with E-state index in [1.165, 1.54) is 4.90 Å². The molecule has 2 rings (SSSR count). The third-order valence-corrected chi connectivity index (χ3v) is 4.54. The van der Waals surface area contributed by atoms with E-state index < -0.39 is 27.0 Å². The van der Waals surface area contributed by atoms with E-state index in [2.05, 4.69) is 4.98 Å². The van der Waals surface area contributed by atoms with Crippen LogP contribution in [0, 0.1) is 5.92 Å². The monoisotopic (exact) mass is 332 g/mol. The quantitative estimate of drug-likeness (QED) is 0.792. The van der Waals surface area contributed by atoms with E-state index >= 15 is 0 Å². The van der Waals surface area contributed by atoms with Crippen LogP contribution in [-0.2, 0) is 15.0 Å². The summed E-state index contributed by atoms with van der Waals surface area (Å²) in [5.41, 5.74) is 0.00936. The summed E-state index contributed by atoms with van der Waals surface area (Å²) in [6.07, 6.45) is 3.10. The van der Waals surface area contributed by atoms with Crippen LogP contribution in [0.15, 0.2) is 17.2 Å². The van der Waals surface area contributed by atoms with Gasteiger partial charge in [-0.1, -0.05) is 0 Å². The van der Waals surface area contributed by atoms with Gasteiger partial charge in [0.25, 0.3) is 5.91 Å². The Bertz CT molecular complexity index is 670. The van der Waals surface area contributed by atoms with Crippen LogP contribution < -0.4 is 0 Å². The molecule has 1 unspecified atom stereocenters. The number of carbonyl (C=O) groups is 2. The summed E-state index contributed by atoms with van der Waals surface area (Å²) >= 11 is 0. The molecule has 122 valence electrons. The molecule has 1 fully saturated rings. The van der Waals surface area contributed by atoms with Crippen molar-refractivity contribution in [2.45, 2.75) is 30.6 Å². The van der Waals surface area contributed by atoms with Crippen molar-refractivity contribution in [3.63, 3.8) is 0 Å². The number of piperidine rings is 1. The van der Waals surface area contributed by atoms with Crippen LogP contribution in [0.3, 0.4) is 0 Å². The van der Waals surface area contributed by atoms with Crippen molar-refractivity contribution in [2.24, 2.45) is 5.92 Å². The molecule has 7 nitrogen and oxygen atoms in total. The number of carbonyl (C=O) groups excluding carboxylic acids is 1. The molecule has 1 aliphatic rings. The largest absolute Gasteiger partial charge is 0.481 e. The van der Waals surface area contributed by atoms with E-state index in [0.29, 0.717) is 19.5 Å². The maximum absolute atomic E-state index is 12.9. The van der Waals surface area contributed by atoms with E-state index in [4.69, 9.17) is 5.11 Å². The normalized spacial score (nSPS) is 19.1. The highest BCUT2D eigenvalue weighted by molar-refractivity contribution is 7.86. The van der Waals surface area contributed by atoms with Crippen LogP contribution in [0.2, 0.25) is 0 Å². The molecule has 0 aliphatic carbocycles. The molecule has 0 aromatic carbocycles. The van der Waals surface area contributed by atoms with Gasteiger partial charge in [-0.3, -0.25) is 9.59 Å². The Morgan fingerprint density at radius 1 is 1.45 bits per heavy atom. The lowest BCUT2D eigenvalue weighted by molar-refractivity contribution is -0.137. The van der Waals surface area contributed by atoms with Gasteiger partial charge >= 0.3 is 16.2 Å². The lowest BCUT2D eigenvalue weighted by Crippen LogP contribution is -2.40. The van der Waals surface area contributed by atoms with Crippen LogP contribution in [0.5, 0.6) is 0 Å². The number of likely N-dealkylation sites (tertiary alicyclic amines) is 1. The minimum Gasteiger partial charge on any atom is -0.481 e. The average molecular weight is 332 g/mol. The number of aliphatic carboxylic acids is 1. The van der Waals surface area contributed by atoms with Gasteiger partial charge in [0.1, 0.15) is 10.6 Å². The van der Waals surface area contributed by atoms with Crippen LogP contribution in [0.4, 0.5) is 3.89 Å². The number of amides is 1. The van der Waals surface area contributed by atoms with Crippen molar-refractivity contribution in [2.75, 3.05) is 13.1 Å². The number of carboxylic acids is 1. The fraction of sp³-hybridized carbons (Fsp3) is 0.538. The van der Waals surface area contributed by atoms with Crippen molar-refractivity contribution in [1.82, 2.24) is 9.88 Å². The number of aromatic amines is 1. The number of hydrogen-bond acceptors (Lipinski definition) is 4. The standard InChI is InChI=1S/C13H17FN2O5S/c14-22(20,21)10-6-11(15-7-10)13(19)16-5-1-2-9(8-16)3-4-12(17)18/h6-7,9,15H,1-5,8H2,(H,17,18). The Labute approximate surface area is 127 Å². The van der Waals surface area contributed by atoms with Crippen LogP contribution in [0.1, 0.15) is 36.2 Å². The van der Waals surface area contributed by atoms with Crippen molar-refractivity contribution < 1.29 is 27.0 Å². The lowest BCUT2D eigenvalue weighted by Gasteiger charge is -2.32. The molecule has 1 aromatic rings. The highest BCUT2D eigenvalue weighted by Crippen LogP contribution is 2.23. The summed E-state index contributed by atoms with van der Waals surface area (Å²) in [4.78, 5) is 26.3. The van der Waals surface area contributed by atoms with E-state index in [-0.39, 0.29) is 18.0 Å². The minimum atomic E-state index is -4.84. The smallest absolute Gasteiger partial charge is 0.333 e. The number of nitrogens with one attached hydrogen (secondary N) is 1. The SMILES string of the molecule is O=C(O)CCC1CCCN(C(=O)c2cc(S(=O)(=O)F)c[nH]2)C1. The van der Waals surface area contributed by atoms with Gasteiger partial charge in [0.15, 0.2) is 0 Å². The molecule has 1 aliphatic heterocycles. The van der Waals surface area contributed by atoms with Crippen LogP contribution in [0.25, 0.3) is 0 Å². The Morgan fingerprint density at radius 3 is 2.77 bits per heavy atom. The number of carboxylic acid groups (broad SMARTS) is 1. The zero-order valence-corrected chi connectivity index (χ0v) is 12.6. The van der Waals surface area contributed by atoms with Crippen LogP contribution in [-0.4, -0.2) is 48.4 Å². The molecular weight excluding hydrogens is 315 g/mol. The van der Waals surface area contributed by atoms with Gasteiger partial charge in [-0.2, -0.15) is 8.42 Å². The molecule has 1 saturated heterocycles. The van der Waals surface area contributed by atoms with E-state index in [0.717, 1.165) is 25.1 Å². The first-order chi connectivity index (χ1) is 10.3. The lowest BCUT2D eigenvalue weighted by atomic mass is 9.93. The first kappa shape index (κ1) is 16.5. The maximum atomic E-state index is 12.9. The van der Waals surface area contributed by atoms with Gasteiger partial charge in [0.05, 0.1) is 0 Å². The fourth-order valence-corrected chi connectivity index (χ4v) is 3.08. The van der Waals surface area contributed by atoms with Gasteiger partial charge < -0.3 is 15.0 Å². The third-order valence-electron chi connectivity index (χ3n) is 3.74. The van der Waals surface area contributed by atoms with Crippen molar-refractivity contribution in [1.29, 1.82) is 0 Å². The second-order valence-electron chi connectivity index (χ2n) is 5.38. The fourth-order valence-electron chi connectivity index (χ4n) is 2.62. The van der Waals surface area contributed by atoms with E-state index in [1.54, 1.807) is 0 Å². The summed E-state index contributed by atoms with van der Waals surface area (Å²) in [7, 11) is -4.84. The number of aromatic nitrogens is 1. The highest BCUT2D eigenvalue weighted by Gasteiger charge is 2.26. The zero-order chi connectivity index (χ0) is 16.3. The molecular formula is C13H17FN2O5S. The number of halogens is 1. The molecule has 9 heteroatoms. The Morgan fingerprint density at radius 2 is 2.18 bits per heavy atom. The Kier molecular flexibility index (Phi) is 4.84. The molecule has 1 aromatic heterocycles. The van der Waals surface area contributed by atoms with E-state index in [9.17, 15) is 21.9 Å². The van der Waals surface area contributed by atoms with Crippen LogP contribution >= 0.6 is 0 Å². The Hall–Kier alpha value is -1.90. The summed E-state index contributed by atoms with van der Waals surface area (Å²) in [6, 6.07) is 0.971. The second-order valence-corrected chi connectivity index (χ2v) is 6.73. The summed E-state index contributed by atoms with van der Waals surface area (Å²) in [5, 5.41) is 8.70. The number of nitrogens with zero attached hydrogens (tertiary/aromatic N) is 1. The van der Waals surface area contributed by atoms with E-state index in [1.807, 2.05) is 0 Å². The maximum Gasteiger partial charge on any atom is 0.333 e. The number of rotatable bonds is 5. The van der Waals surface area contributed by atoms with Gasteiger partial charge in [-0.05, 0) is 31.2 Å². The third kappa shape index (κ3) is 4.06. The molecule has 2 heterocycles. The van der Waals surface area contributed by atoms with Gasteiger partial charge in [0, 0.05) is 25.7 Å². The Balaban J connectivity index is 2.02. The number of H-pyrrole nitrogens is 1. The first-order valence-corrected chi connectivity index (χ1v) is 8.30. The second kappa shape index (κ2) is 6.47. The molecule has 0 radical (unpaired) electrons. The highest BCUT2D eigenvalue weighted by atomic mass is 32.3. The molecule has 0 spiro atoms. The number of hydrogen-bond donors (Lipinski definition) is 2.